The highest BCUT2D eigenvalue weighted by Crippen LogP contribution is 2.20. The van der Waals surface area contributed by atoms with Gasteiger partial charge in [0.1, 0.15) is 0 Å². The number of H-pyrrole nitrogens is 1. The Bertz CT molecular complexity index is 1070. The Kier molecular flexibility index (Phi) is 4.84. The van der Waals surface area contributed by atoms with Gasteiger partial charge in [0.2, 0.25) is 10.0 Å². The van der Waals surface area contributed by atoms with Crippen LogP contribution in [0.15, 0.2) is 53.6 Å². The molecule has 0 unspecified atom stereocenters. The summed E-state index contributed by atoms with van der Waals surface area (Å²) in [5.74, 6) is -1.47. The van der Waals surface area contributed by atoms with E-state index in [1.165, 1.54) is 12.1 Å². The molecule has 2 N–H and O–H groups in total. The minimum absolute atomic E-state index is 0.0174. The number of aromatic amines is 1. The van der Waals surface area contributed by atoms with E-state index in [9.17, 15) is 18.3 Å². The molecule has 7 heteroatoms. The lowest BCUT2D eigenvalue weighted by Gasteiger charge is -2.20. The van der Waals surface area contributed by atoms with E-state index in [4.69, 9.17) is 0 Å². The maximum absolute atomic E-state index is 12.6. The van der Waals surface area contributed by atoms with Crippen LogP contribution in [0.3, 0.4) is 0 Å². The Labute approximate surface area is 151 Å². The van der Waals surface area contributed by atoms with Gasteiger partial charge in [-0.3, -0.25) is 0 Å². The molecule has 2 aromatic carbocycles. The van der Waals surface area contributed by atoms with Crippen molar-refractivity contribution in [3.63, 3.8) is 0 Å². The number of benzene rings is 2. The van der Waals surface area contributed by atoms with E-state index >= 15 is 0 Å². The number of nitrogens with one attached hydrogen (secondary N) is 2. The third-order valence-corrected chi connectivity index (χ3v) is 5.94. The number of fused-ring (bicyclic) bond motifs is 1. The first-order chi connectivity index (χ1) is 12.3. The summed E-state index contributed by atoms with van der Waals surface area (Å²) in [7, 11) is -3.98. The fourth-order valence-electron chi connectivity index (χ4n) is 2.83. The monoisotopic (exact) mass is 371 g/mol. The molecule has 0 spiro atoms. The number of hydrogen-bond acceptors (Lipinski definition) is 4. The molecule has 1 heterocycles. The van der Waals surface area contributed by atoms with Gasteiger partial charge in [-0.15, -0.1) is 0 Å². The van der Waals surface area contributed by atoms with E-state index in [-0.39, 0.29) is 11.3 Å². The second-order valence-corrected chi connectivity index (χ2v) is 8.02. The summed E-state index contributed by atoms with van der Waals surface area (Å²) in [6.45, 7) is 3.68. The number of sulfonamides is 1. The summed E-state index contributed by atoms with van der Waals surface area (Å²) in [6.07, 6.45) is 1.67. The number of carboxylic acids is 1. The highest BCUT2D eigenvalue weighted by atomic mass is 32.2. The van der Waals surface area contributed by atoms with Gasteiger partial charge in [-0.1, -0.05) is 24.3 Å². The van der Waals surface area contributed by atoms with Crippen molar-refractivity contribution in [1.82, 2.24) is 9.71 Å². The molecule has 0 bridgehead atoms. The minimum Gasteiger partial charge on any atom is -0.548 e. The number of carboxylic acid groups (broad SMARTS) is 1. The quantitative estimate of drug-likeness (QED) is 0.684. The highest BCUT2D eigenvalue weighted by molar-refractivity contribution is 7.89. The molecule has 0 radical (unpaired) electrons. The maximum atomic E-state index is 12.6. The van der Waals surface area contributed by atoms with Gasteiger partial charge in [0.15, 0.2) is 0 Å². The van der Waals surface area contributed by atoms with E-state index < -0.39 is 22.0 Å². The van der Waals surface area contributed by atoms with Crippen molar-refractivity contribution in [1.29, 1.82) is 0 Å². The molecule has 1 aromatic heterocycles. The van der Waals surface area contributed by atoms with Crippen LogP contribution in [0.1, 0.15) is 16.7 Å². The van der Waals surface area contributed by atoms with Crippen LogP contribution in [0, 0.1) is 13.8 Å². The lowest BCUT2D eigenvalue weighted by Crippen LogP contribution is -2.49. The number of para-hydroxylation sites is 1. The zero-order valence-electron chi connectivity index (χ0n) is 14.4. The second-order valence-electron chi connectivity index (χ2n) is 6.30. The molecule has 1 atom stereocenters. The van der Waals surface area contributed by atoms with Crippen LogP contribution in [-0.4, -0.2) is 25.4 Å². The first-order valence-electron chi connectivity index (χ1n) is 8.13. The fraction of sp³-hybridized carbons (Fsp3) is 0.211. The molecule has 3 aromatic rings. The Morgan fingerprint density at radius 3 is 2.58 bits per heavy atom. The van der Waals surface area contributed by atoms with Gasteiger partial charge >= 0.3 is 0 Å². The molecule has 136 valence electrons. The average Bonchev–Trinajstić information content (AvgIpc) is 2.99. The lowest BCUT2D eigenvalue weighted by molar-refractivity contribution is -0.307. The van der Waals surface area contributed by atoms with Crippen molar-refractivity contribution in [3.05, 3.63) is 65.4 Å². The lowest BCUT2D eigenvalue weighted by atomic mass is 10.1. The molecule has 0 amide bonds. The van der Waals surface area contributed by atoms with E-state index in [1.54, 1.807) is 19.2 Å². The third-order valence-electron chi connectivity index (χ3n) is 4.47. The predicted molar refractivity (Wildman–Crippen MR) is 97.0 cm³/mol. The van der Waals surface area contributed by atoms with Crippen LogP contribution in [-0.2, 0) is 21.2 Å². The molecule has 0 fully saturated rings. The number of carbonyl (C=O) groups excluding carboxylic acids is 1. The number of hydrogen-bond donors (Lipinski definition) is 2. The minimum atomic E-state index is -3.98. The summed E-state index contributed by atoms with van der Waals surface area (Å²) in [5, 5.41) is 12.4. The standard InChI is InChI=1S/C19H20N2O4S/c1-12-7-8-15(9-13(12)2)26(24,25)21-18(19(22)23)10-14-11-20-17-6-4-3-5-16(14)17/h3-9,11,18,20-21H,10H2,1-2H3,(H,22,23)/p-1/t18-/m0/s1. The van der Waals surface area contributed by atoms with Gasteiger partial charge in [-0.05, 0) is 55.2 Å². The SMILES string of the molecule is Cc1ccc(S(=O)(=O)N[C@@H](Cc2c[nH]c3ccccc23)C(=O)[O-])cc1C. The van der Waals surface area contributed by atoms with Gasteiger partial charge < -0.3 is 14.9 Å². The summed E-state index contributed by atoms with van der Waals surface area (Å²) >= 11 is 0. The van der Waals surface area contributed by atoms with Gasteiger partial charge in [0.05, 0.1) is 16.9 Å². The van der Waals surface area contributed by atoms with E-state index in [0.717, 1.165) is 22.0 Å². The Morgan fingerprint density at radius 2 is 1.88 bits per heavy atom. The zero-order valence-corrected chi connectivity index (χ0v) is 15.3. The summed E-state index contributed by atoms with van der Waals surface area (Å²) < 4.78 is 27.4. The molecule has 6 nitrogen and oxygen atoms in total. The number of aromatic nitrogens is 1. The highest BCUT2D eigenvalue weighted by Gasteiger charge is 2.22. The first kappa shape index (κ1) is 18.2. The molecule has 0 aliphatic rings. The van der Waals surface area contributed by atoms with Crippen LogP contribution >= 0.6 is 0 Å². The van der Waals surface area contributed by atoms with Crippen molar-refractivity contribution in [2.45, 2.75) is 31.2 Å². The number of aliphatic carboxylic acids is 1. The van der Waals surface area contributed by atoms with Crippen molar-refractivity contribution in [2.24, 2.45) is 0 Å². The van der Waals surface area contributed by atoms with Crippen molar-refractivity contribution < 1.29 is 18.3 Å². The van der Waals surface area contributed by atoms with E-state index in [1.807, 2.05) is 31.2 Å². The maximum Gasteiger partial charge on any atom is 0.241 e. The van der Waals surface area contributed by atoms with Crippen LogP contribution in [0.25, 0.3) is 10.9 Å². The van der Waals surface area contributed by atoms with Crippen LogP contribution in [0.4, 0.5) is 0 Å². The molecule has 26 heavy (non-hydrogen) atoms. The predicted octanol–water partition coefficient (Wildman–Crippen LogP) is 1.42. The molecule has 0 saturated heterocycles. The molecule has 0 aliphatic carbocycles. The zero-order chi connectivity index (χ0) is 18.9. The van der Waals surface area contributed by atoms with Gasteiger partial charge in [0, 0.05) is 17.1 Å². The molecule has 3 rings (SSSR count). The molecular weight excluding hydrogens is 352 g/mol. The number of rotatable bonds is 6. The Morgan fingerprint density at radius 1 is 1.15 bits per heavy atom. The fourth-order valence-corrected chi connectivity index (χ4v) is 4.10. The largest absolute Gasteiger partial charge is 0.548 e. The Hall–Kier alpha value is -2.64. The van der Waals surface area contributed by atoms with Crippen molar-refractivity contribution in [2.75, 3.05) is 0 Å². The van der Waals surface area contributed by atoms with Crippen molar-refractivity contribution >= 4 is 26.9 Å². The second kappa shape index (κ2) is 6.93. The average molecular weight is 371 g/mol. The van der Waals surface area contributed by atoms with Crippen molar-refractivity contribution in [3.8, 4) is 0 Å². The van der Waals surface area contributed by atoms with Crippen LogP contribution < -0.4 is 9.83 Å². The summed E-state index contributed by atoms with van der Waals surface area (Å²) in [6, 6.07) is 10.7. The van der Waals surface area contributed by atoms with Gasteiger partial charge in [-0.2, -0.15) is 0 Å². The number of carbonyl (C=O) groups is 1. The number of aryl methyl sites for hydroxylation is 2. The normalized spacial score (nSPS) is 13.0. The molecule has 0 aliphatic heterocycles. The van der Waals surface area contributed by atoms with E-state index in [2.05, 4.69) is 9.71 Å². The molecular formula is C19H19N2O4S-. The first-order valence-corrected chi connectivity index (χ1v) is 9.61. The third kappa shape index (κ3) is 3.63. The molecule has 0 saturated carbocycles. The van der Waals surface area contributed by atoms with E-state index in [0.29, 0.717) is 5.56 Å². The topological polar surface area (TPSA) is 102 Å². The van der Waals surface area contributed by atoms with Gasteiger partial charge in [-0.25, -0.2) is 13.1 Å². The van der Waals surface area contributed by atoms with Gasteiger partial charge in [0.25, 0.3) is 0 Å². The summed E-state index contributed by atoms with van der Waals surface area (Å²) in [4.78, 5) is 14.6. The van der Waals surface area contributed by atoms with Crippen LogP contribution in [0.2, 0.25) is 0 Å². The smallest absolute Gasteiger partial charge is 0.241 e. The summed E-state index contributed by atoms with van der Waals surface area (Å²) in [5.41, 5.74) is 3.34. The Balaban J connectivity index is 1.88. The van der Waals surface area contributed by atoms with Crippen LogP contribution in [0.5, 0.6) is 0 Å².